The lowest BCUT2D eigenvalue weighted by molar-refractivity contribution is 0.0584. The van der Waals surface area contributed by atoms with Crippen LogP contribution in [-0.4, -0.2) is 50.7 Å². The normalized spacial score (nSPS) is 15.4. The molecule has 2 N–H and O–H groups in total. The molecule has 0 aromatic carbocycles. The van der Waals surface area contributed by atoms with Crippen LogP contribution < -0.4 is 5.32 Å². The van der Waals surface area contributed by atoms with E-state index in [9.17, 15) is 5.11 Å². The lowest BCUT2D eigenvalue weighted by Crippen LogP contribution is -2.36. The largest absolute Gasteiger partial charge is 0.392 e. The smallest absolute Gasteiger partial charge is 0.0701 e. The summed E-state index contributed by atoms with van der Waals surface area (Å²) in [5, 5.41) is 12.5. The Hall–Kier alpha value is -0.160. The highest BCUT2D eigenvalue weighted by molar-refractivity contribution is 4.63. The van der Waals surface area contributed by atoms with Gasteiger partial charge in [0, 0.05) is 19.7 Å². The van der Waals surface area contributed by atoms with Gasteiger partial charge in [-0.25, -0.2) is 0 Å². The third-order valence-electron chi connectivity index (χ3n) is 1.97. The zero-order chi connectivity index (χ0) is 10.8. The van der Waals surface area contributed by atoms with Gasteiger partial charge in [0.05, 0.1) is 25.9 Å². The molecule has 0 bridgehead atoms. The molecule has 4 heteroatoms. The second kappa shape index (κ2) is 9.40. The van der Waals surface area contributed by atoms with Crippen molar-refractivity contribution in [3.63, 3.8) is 0 Å². The van der Waals surface area contributed by atoms with Crippen LogP contribution in [0.1, 0.15) is 20.3 Å². The first-order valence-corrected chi connectivity index (χ1v) is 5.18. The van der Waals surface area contributed by atoms with Crippen molar-refractivity contribution >= 4 is 0 Å². The Morgan fingerprint density at radius 2 is 2.07 bits per heavy atom. The van der Waals surface area contributed by atoms with Gasteiger partial charge in [-0.15, -0.1) is 0 Å². The molecule has 86 valence electrons. The SMILES string of the molecule is CCC(O)CNC(C)COCCOC. The van der Waals surface area contributed by atoms with Crippen LogP contribution in [0.15, 0.2) is 0 Å². The van der Waals surface area contributed by atoms with E-state index in [2.05, 4.69) is 5.32 Å². The lowest BCUT2D eigenvalue weighted by atomic mass is 10.2. The van der Waals surface area contributed by atoms with Gasteiger partial charge in [-0.05, 0) is 13.3 Å². The first-order chi connectivity index (χ1) is 6.70. The minimum Gasteiger partial charge on any atom is -0.392 e. The fourth-order valence-electron chi connectivity index (χ4n) is 0.943. The number of hydrogen-bond donors (Lipinski definition) is 2. The Labute approximate surface area is 86.6 Å². The van der Waals surface area contributed by atoms with E-state index in [0.717, 1.165) is 6.42 Å². The van der Waals surface area contributed by atoms with Crippen molar-refractivity contribution in [3.05, 3.63) is 0 Å². The maximum atomic E-state index is 9.29. The van der Waals surface area contributed by atoms with Crippen LogP contribution in [0.25, 0.3) is 0 Å². The second-order valence-electron chi connectivity index (χ2n) is 3.44. The molecule has 0 aliphatic carbocycles. The molecule has 0 rings (SSSR count). The highest BCUT2D eigenvalue weighted by Gasteiger charge is 2.04. The Bertz CT molecular complexity index is 122. The number of methoxy groups -OCH3 is 1. The van der Waals surface area contributed by atoms with Crippen molar-refractivity contribution in [1.29, 1.82) is 0 Å². The molecule has 4 nitrogen and oxygen atoms in total. The molecule has 0 spiro atoms. The zero-order valence-corrected chi connectivity index (χ0v) is 9.45. The van der Waals surface area contributed by atoms with Crippen LogP contribution in [0, 0.1) is 0 Å². The number of nitrogens with one attached hydrogen (secondary N) is 1. The van der Waals surface area contributed by atoms with Crippen molar-refractivity contribution in [2.75, 3.05) is 33.5 Å². The summed E-state index contributed by atoms with van der Waals surface area (Å²) in [6, 6.07) is 0.271. The molecule has 0 saturated heterocycles. The van der Waals surface area contributed by atoms with E-state index in [1.54, 1.807) is 7.11 Å². The molecule has 0 aliphatic heterocycles. The average molecular weight is 205 g/mol. The van der Waals surface area contributed by atoms with E-state index < -0.39 is 0 Å². The highest BCUT2D eigenvalue weighted by Crippen LogP contribution is 1.90. The van der Waals surface area contributed by atoms with Gasteiger partial charge < -0.3 is 19.9 Å². The molecule has 0 aromatic heterocycles. The van der Waals surface area contributed by atoms with Crippen molar-refractivity contribution in [2.24, 2.45) is 0 Å². The van der Waals surface area contributed by atoms with Gasteiger partial charge in [-0.3, -0.25) is 0 Å². The molecule has 0 amide bonds. The Kier molecular flexibility index (Phi) is 9.29. The van der Waals surface area contributed by atoms with Gasteiger partial charge in [0.15, 0.2) is 0 Å². The number of hydrogen-bond acceptors (Lipinski definition) is 4. The number of aliphatic hydroxyl groups excluding tert-OH is 1. The van der Waals surface area contributed by atoms with Gasteiger partial charge in [0.25, 0.3) is 0 Å². The summed E-state index contributed by atoms with van der Waals surface area (Å²) in [5.41, 5.74) is 0. The minimum absolute atomic E-state index is 0.253. The molecule has 0 heterocycles. The quantitative estimate of drug-likeness (QED) is 0.535. The number of aliphatic hydroxyl groups is 1. The van der Waals surface area contributed by atoms with E-state index in [4.69, 9.17) is 9.47 Å². The van der Waals surface area contributed by atoms with Gasteiger partial charge in [-0.2, -0.15) is 0 Å². The Balaban J connectivity index is 3.23. The molecule has 2 atom stereocenters. The maximum absolute atomic E-state index is 9.29. The van der Waals surface area contributed by atoms with Gasteiger partial charge >= 0.3 is 0 Å². The fourth-order valence-corrected chi connectivity index (χ4v) is 0.943. The average Bonchev–Trinajstić information content (AvgIpc) is 2.21. The van der Waals surface area contributed by atoms with Crippen LogP contribution in [0.5, 0.6) is 0 Å². The first-order valence-electron chi connectivity index (χ1n) is 5.18. The summed E-state index contributed by atoms with van der Waals surface area (Å²) in [6.45, 7) is 6.54. The highest BCUT2D eigenvalue weighted by atomic mass is 16.5. The Morgan fingerprint density at radius 3 is 2.64 bits per heavy atom. The lowest BCUT2D eigenvalue weighted by Gasteiger charge is -2.16. The molecular weight excluding hydrogens is 182 g/mol. The number of ether oxygens (including phenoxy) is 2. The summed E-state index contributed by atoms with van der Waals surface area (Å²) in [7, 11) is 1.66. The van der Waals surface area contributed by atoms with Crippen LogP contribution in [0.3, 0.4) is 0 Å². The maximum Gasteiger partial charge on any atom is 0.0701 e. The van der Waals surface area contributed by atoms with E-state index in [0.29, 0.717) is 26.4 Å². The summed E-state index contributed by atoms with van der Waals surface area (Å²) < 4.78 is 10.2. The van der Waals surface area contributed by atoms with Crippen LogP contribution >= 0.6 is 0 Å². The van der Waals surface area contributed by atoms with Gasteiger partial charge in [0.2, 0.25) is 0 Å². The minimum atomic E-state index is -0.253. The number of rotatable bonds is 9. The van der Waals surface area contributed by atoms with E-state index >= 15 is 0 Å². The van der Waals surface area contributed by atoms with Gasteiger partial charge in [0.1, 0.15) is 0 Å². The molecule has 0 saturated carbocycles. The topological polar surface area (TPSA) is 50.7 Å². The monoisotopic (exact) mass is 205 g/mol. The van der Waals surface area contributed by atoms with Crippen molar-refractivity contribution < 1.29 is 14.6 Å². The first kappa shape index (κ1) is 13.8. The summed E-state index contributed by atoms with van der Waals surface area (Å²) in [5.74, 6) is 0. The summed E-state index contributed by atoms with van der Waals surface area (Å²) >= 11 is 0. The van der Waals surface area contributed by atoms with Crippen molar-refractivity contribution in [3.8, 4) is 0 Å². The van der Waals surface area contributed by atoms with E-state index in [1.165, 1.54) is 0 Å². The van der Waals surface area contributed by atoms with Crippen LogP contribution in [0.4, 0.5) is 0 Å². The fraction of sp³-hybridized carbons (Fsp3) is 1.00. The molecular formula is C10H23NO3. The summed E-state index contributed by atoms with van der Waals surface area (Å²) in [6.07, 6.45) is 0.529. The third-order valence-corrected chi connectivity index (χ3v) is 1.97. The molecule has 0 radical (unpaired) electrons. The molecule has 14 heavy (non-hydrogen) atoms. The second-order valence-corrected chi connectivity index (χ2v) is 3.44. The zero-order valence-electron chi connectivity index (χ0n) is 9.45. The molecule has 0 fully saturated rings. The van der Waals surface area contributed by atoms with Crippen molar-refractivity contribution in [2.45, 2.75) is 32.4 Å². The third kappa shape index (κ3) is 8.44. The van der Waals surface area contributed by atoms with E-state index in [1.807, 2.05) is 13.8 Å². The van der Waals surface area contributed by atoms with Crippen LogP contribution in [0.2, 0.25) is 0 Å². The van der Waals surface area contributed by atoms with Crippen LogP contribution in [-0.2, 0) is 9.47 Å². The predicted octanol–water partition coefficient (Wildman–Crippen LogP) is 0.398. The molecule has 2 unspecified atom stereocenters. The standard InChI is InChI=1S/C10H23NO3/c1-4-10(12)7-11-9(2)8-14-6-5-13-3/h9-12H,4-8H2,1-3H3. The predicted molar refractivity (Wildman–Crippen MR) is 56.5 cm³/mol. The molecule has 0 aliphatic rings. The summed E-state index contributed by atoms with van der Waals surface area (Å²) in [4.78, 5) is 0. The molecule has 0 aromatic rings. The van der Waals surface area contributed by atoms with E-state index in [-0.39, 0.29) is 12.1 Å². The van der Waals surface area contributed by atoms with Gasteiger partial charge in [-0.1, -0.05) is 6.92 Å². The van der Waals surface area contributed by atoms with Crippen molar-refractivity contribution in [1.82, 2.24) is 5.32 Å². The Morgan fingerprint density at radius 1 is 1.36 bits per heavy atom.